The minimum atomic E-state index is -4.78. The van der Waals surface area contributed by atoms with Gasteiger partial charge in [-0.15, -0.1) is 0 Å². The number of rotatable bonds is 3. The number of carboxylic acid groups (broad SMARTS) is 1. The number of hydrazine groups is 1. The minimum absolute atomic E-state index is 0.165. The number of halogens is 3. The quantitative estimate of drug-likeness (QED) is 0.764. The third-order valence-corrected chi connectivity index (χ3v) is 2.66. The average molecular weight is 254 g/mol. The van der Waals surface area contributed by atoms with Crippen LogP contribution >= 0.6 is 0 Å². The Kier molecular flexibility index (Phi) is 3.68. The van der Waals surface area contributed by atoms with Gasteiger partial charge in [-0.3, -0.25) is 0 Å². The highest BCUT2D eigenvalue weighted by molar-refractivity contribution is 5.88. The van der Waals surface area contributed by atoms with E-state index >= 15 is 0 Å². The van der Waals surface area contributed by atoms with Gasteiger partial charge in [-0.05, 0) is 0 Å². The molecule has 5 nitrogen and oxygen atoms in total. The molecule has 0 fully saturated rings. The number of likely N-dealkylation sites (N-methyl/N-ethyl adjacent to an activating group) is 2. The summed E-state index contributed by atoms with van der Waals surface area (Å²) in [6.07, 6.45) is -4.78. The molecule has 17 heavy (non-hydrogen) atoms. The smallest absolute Gasteiger partial charge is 0.416 e. The van der Waals surface area contributed by atoms with Crippen LogP contribution in [0.4, 0.5) is 13.2 Å². The van der Waals surface area contributed by atoms with Gasteiger partial charge in [0.15, 0.2) is 0 Å². The van der Waals surface area contributed by atoms with E-state index in [4.69, 9.17) is 10.2 Å². The van der Waals surface area contributed by atoms with Crippen molar-refractivity contribution < 1.29 is 28.2 Å². The number of hydrogen-bond donors (Lipinski definition) is 2. The van der Waals surface area contributed by atoms with Gasteiger partial charge in [0.25, 0.3) is 0 Å². The topological polar surface area (TPSA) is 64.0 Å². The lowest BCUT2D eigenvalue weighted by atomic mass is 10.1. The van der Waals surface area contributed by atoms with E-state index < -0.39 is 36.1 Å². The molecule has 1 rings (SSSR count). The zero-order chi connectivity index (χ0) is 13.4. The molecule has 0 aromatic heterocycles. The third-order valence-electron chi connectivity index (χ3n) is 2.66. The summed E-state index contributed by atoms with van der Waals surface area (Å²) in [5.74, 6) is -1.66. The summed E-state index contributed by atoms with van der Waals surface area (Å²) in [6.45, 7) is 0.958. The van der Waals surface area contributed by atoms with Crippen molar-refractivity contribution in [3.8, 4) is 0 Å². The van der Waals surface area contributed by atoms with Crippen molar-refractivity contribution >= 4 is 5.97 Å². The maximum Gasteiger partial charge on any atom is 0.416 e. The lowest BCUT2D eigenvalue weighted by Crippen LogP contribution is -2.43. The standard InChI is InChI=1S/C9H13F3N2O3/c1-3-14-5(4-15)6(9(10,11)12)7(8(16)17)13(14)2/h5,15H,3-4H2,1-2H3,(H,16,17). The zero-order valence-corrected chi connectivity index (χ0v) is 9.32. The van der Waals surface area contributed by atoms with Gasteiger partial charge in [-0.1, -0.05) is 6.92 Å². The van der Waals surface area contributed by atoms with Crippen molar-refractivity contribution in [2.24, 2.45) is 0 Å². The highest BCUT2D eigenvalue weighted by Crippen LogP contribution is 2.39. The summed E-state index contributed by atoms with van der Waals surface area (Å²) in [5, 5.41) is 19.9. The Morgan fingerprint density at radius 3 is 2.29 bits per heavy atom. The number of aliphatic hydroxyl groups excluding tert-OH is 1. The second-order valence-electron chi connectivity index (χ2n) is 3.54. The van der Waals surface area contributed by atoms with Crippen LogP contribution < -0.4 is 0 Å². The molecule has 1 heterocycles. The lowest BCUT2D eigenvalue weighted by Gasteiger charge is -2.30. The van der Waals surface area contributed by atoms with E-state index in [1.807, 2.05) is 0 Å². The van der Waals surface area contributed by atoms with E-state index in [2.05, 4.69) is 0 Å². The summed E-state index contributed by atoms with van der Waals surface area (Å²) in [5.41, 5.74) is -2.05. The van der Waals surface area contributed by atoms with Crippen LogP contribution in [0.25, 0.3) is 0 Å². The summed E-state index contributed by atoms with van der Waals surface area (Å²) >= 11 is 0. The Morgan fingerprint density at radius 1 is 1.47 bits per heavy atom. The molecule has 0 aromatic carbocycles. The van der Waals surface area contributed by atoms with Gasteiger partial charge in [0, 0.05) is 13.6 Å². The first-order chi connectivity index (χ1) is 7.75. The Labute approximate surface area is 95.7 Å². The first-order valence-electron chi connectivity index (χ1n) is 4.91. The lowest BCUT2D eigenvalue weighted by molar-refractivity contribution is -0.136. The molecular weight excluding hydrogens is 241 g/mol. The molecule has 0 radical (unpaired) electrons. The number of nitrogens with zero attached hydrogens (tertiary/aromatic N) is 2. The molecule has 0 bridgehead atoms. The van der Waals surface area contributed by atoms with Crippen LogP contribution in [0.3, 0.4) is 0 Å². The Morgan fingerprint density at radius 2 is 2.00 bits per heavy atom. The molecule has 2 N–H and O–H groups in total. The van der Waals surface area contributed by atoms with E-state index in [-0.39, 0.29) is 6.54 Å². The van der Waals surface area contributed by atoms with E-state index in [1.54, 1.807) is 6.92 Å². The first kappa shape index (κ1) is 13.8. The van der Waals surface area contributed by atoms with Crippen LogP contribution in [0, 0.1) is 0 Å². The van der Waals surface area contributed by atoms with Crippen molar-refractivity contribution in [2.45, 2.75) is 19.1 Å². The number of alkyl halides is 3. The second kappa shape index (κ2) is 4.53. The van der Waals surface area contributed by atoms with Gasteiger partial charge in [0.1, 0.15) is 5.70 Å². The number of aliphatic hydroxyl groups is 1. The number of carboxylic acids is 1. The van der Waals surface area contributed by atoms with Gasteiger partial charge < -0.3 is 15.2 Å². The summed E-state index contributed by atoms with van der Waals surface area (Å²) < 4.78 is 38.4. The Bertz CT molecular complexity index is 354. The normalized spacial score (nSPS) is 22.5. The fraction of sp³-hybridized carbons (Fsp3) is 0.667. The van der Waals surface area contributed by atoms with Crippen molar-refractivity contribution in [3.63, 3.8) is 0 Å². The first-order valence-corrected chi connectivity index (χ1v) is 4.91. The predicted molar refractivity (Wildman–Crippen MR) is 51.7 cm³/mol. The SMILES string of the molecule is CCN1C(CO)C(C(F)(F)F)=C(C(=O)O)N1C. The number of carbonyl (C=O) groups is 1. The molecule has 8 heteroatoms. The van der Waals surface area contributed by atoms with Gasteiger partial charge >= 0.3 is 12.1 Å². The van der Waals surface area contributed by atoms with Crippen molar-refractivity contribution in [1.82, 2.24) is 10.0 Å². The van der Waals surface area contributed by atoms with Gasteiger partial charge in [0.05, 0.1) is 18.2 Å². The largest absolute Gasteiger partial charge is 0.477 e. The molecule has 0 saturated carbocycles. The number of hydrogen-bond acceptors (Lipinski definition) is 4. The Balaban J connectivity index is 3.34. The second-order valence-corrected chi connectivity index (χ2v) is 3.54. The Hall–Kier alpha value is -1.28. The molecule has 98 valence electrons. The van der Waals surface area contributed by atoms with Gasteiger partial charge in [-0.25, -0.2) is 9.80 Å². The van der Waals surface area contributed by atoms with E-state index in [0.717, 1.165) is 10.0 Å². The van der Waals surface area contributed by atoms with E-state index in [1.165, 1.54) is 7.05 Å². The monoisotopic (exact) mass is 254 g/mol. The highest BCUT2D eigenvalue weighted by Gasteiger charge is 2.51. The van der Waals surface area contributed by atoms with Crippen molar-refractivity contribution in [1.29, 1.82) is 0 Å². The van der Waals surface area contributed by atoms with Crippen LogP contribution in [-0.4, -0.2) is 58.6 Å². The molecule has 0 spiro atoms. The number of aliphatic carboxylic acids is 1. The molecule has 0 aromatic rings. The zero-order valence-electron chi connectivity index (χ0n) is 9.32. The van der Waals surface area contributed by atoms with E-state index in [0.29, 0.717) is 0 Å². The van der Waals surface area contributed by atoms with Crippen LogP contribution in [0.5, 0.6) is 0 Å². The molecule has 1 unspecified atom stereocenters. The van der Waals surface area contributed by atoms with Gasteiger partial charge in [0.2, 0.25) is 0 Å². The summed E-state index contributed by atoms with van der Waals surface area (Å²) in [7, 11) is 1.23. The predicted octanol–water partition coefficient (Wildman–Crippen LogP) is 0.431. The molecule has 1 aliphatic rings. The third kappa shape index (κ3) is 2.22. The maximum atomic E-state index is 12.8. The van der Waals surface area contributed by atoms with Crippen molar-refractivity contribution in [2.75, 3.05) is 20.2 Å². The molecule has 0 saturated heterocycles. The summed E-state index contributed by atoms with van der Waals surface area (Å²) in [4.78, 5) is 10.9. The van der Waals surface area contributed by atoms with Crippen molar-refractivity contribution in [3.05, 3.63) is 11.3 Å². The van der Waals surface area contributed by atoms with E-state index in [9.17, 15) is 18.0 Å². The van der Waals surface area contributed by atoms with Crippen LogP contribution in [0.15, 0.2) is 11.3 Å². The van der Waals surface area contributed by atoms with Crippen LogP contribution in [-0.2, 0) is 4.79 Å². The average Bonchev–Trinajstić information content (AvgIpc) is 2.49. The molecule has 0 amide bonds. The fourth-order valence-electron chi connectivity index (χ4n) is 2.01. The highest BCUT2D eigenvalue weighted by atomic mass is 19.4. The maximum absolute atomic E-state index is 12.8. The molecule has 1 atom stereocenters. The van der Waals surface area contributed by atoms with Gasteiger partial charge in [-0.2, -0.15) is 13.2 Å². The summed E-state index contributed by atoms with van der Waals surface area (Å²) in [6, 6.07) is -1.36. The molecule has 1 aliphatic heterocycles. The van der Waals surface area contributed by atoms with Crippen LogP contribution in [0.2, 0.25) is 0 Å². The van der Waals surface area contributed by atoms with Crippen LogP contribution in [0.1, 0.15) is 6.92 Å². The fourth-order valence-corrected chi connectivity index (χ4v) is 2.01. The molecule has 0 aliphatic carbocycles. The molecular formula is C9H13F3N2O3. The minimum Gasteiger partial charge on any atom is -0.477 e.